The molecule has 1 fully saturated rings. The molecule has 5 heteroatoms. The first-order chi connectivity index (χ1) is 9.60. The number of carboxylic acid groups (broad SMARTS) is 1. The highest BCUT2D eigenvalue weighted by Gasteiger charge is 2.22. The van der Waals surface area contributed by atoms with E-state index in [1.54, 1.807) is 7.11 Å². The molecule has 1 aliphatic heterocycles. The normalized spacial score (nSPS) is 17.1. The van der Waals surface area contributed by atoms with Gasteiger partial charge in [-0.15, -0.1) is 0 Å². The van der Waals surface area contributed by atoms with Crippen LogP contribution in [0.4, 0.5) is 0 Å². The summed E-state index contributed by atoms with van der Waals surface area (Å²) >= 11 is 6.24. The summed E-state index contributed by atoms with van der Waals surface area (Å²) < 4.78 is 5.35. The summed E-state index contributed by atoms with van der Waals surface area (Å²) in [4.78, 5) is 13.0. The van der Waals surface area contributed by atoms with E-state index in [-0.39, 0.29) is 6.42 Å². The van der Waals surface area contributed by atoms with E-state index in [1.807, 2.05) is 18.2 Å². The van der Waals surface area contributed by atoms with E-state index in [4.69, 9.17) is 21.4 Å². The minimum Gasteiger partial charge on any atom is -0.496 e. The molecule has 0 aromatic heterocycles. The second kappa shape index (κ2) is 6.95. The van der Waals surface area contributed by atoms with Crippen LogP contribution in [0.2, 0.25) is 5.02 Å². The molecule has 0 radical (unpaired) electrons. The minimum atomic E-state index is -0.698. The van der Waals surface area contributed by atoms with Gasteiger partial charge < -0.3 is 9.84 Å². The number of piperidine rings is 1. The minimum absolute atomic E-state index is 0.281. The first-order valence-corrected chi connectivity index (χ1v) is 7.23. The Labute approximate surface area is 124 Å². The van der Waals surface area contributed by atoms with Gasteiger partial charge in [-0.25, -0.2) is 0 Å². The summed E-state index contributed by atoms with van der Waals surface area (Å²) in [5.74, 6) is 0.415. The highest BCUT2D eigenvalue weighted by atomic mass is 35.5. The summed E-state index contributed by atoms with van der Waals surface area (Å²) in [5.41, 5.74) is 1.01. The fourth-order valence-electron chi connectivity index (χ4n) is 2.70. The molecule has 110 valence electrons. The third kappa shape index (κ3) is 3.87. The average molecular weight is 298 g/mol. The number of rotatable bonds is 5. The molecule has 0 amide bonds. The van der Waals surface area contributed by atoms with Gasteiger partial charge in [0.1, 0.15) is 5.75 Å². The molecule has 1 aromatic rings. The predicted molar refractivity (Wildman–Crippen MR) is 78.3 cm³/mol. The lowest BCUT2D eigenvalue weighted by atomic mass is 9.93. The number of aliphatic carboxylic acids is 1. The lowest BCUT2D eigenvalue weighted by Gasteiger charge is -2.31. The van der Waals surface area contributed by atoms with Gasteiger partial charge in [0.2, 0.25) is 0 Å². The van der Waals surface area contributed by atoms with Crippen LogP contribution >= 0.6 is 11.6 Å². The van der Waals surface area contributed by atoms with Crippen LogP contribution in [0.5, 0.6) is 5.75 Å². The molecular weight excluding hydrogens is 278 g/mol. The zero-order valence-electron chi connectivity index (χ0n) is 11.6. The predicted octanol–water partition coefficient (Wildman–Crippen LogP) is 3.04. The average Bonchev–Trinajstić information content (AvgIpc) is 2.42. The van der Waals surface area contributed by atoms with Crippen molar-refractivity contribution in [2.75, 3.05) is 20.2 Å². The van der Waals surface area contributed by atoms with Crippen molar-refractivity contribution < 1.29 is 14.6 Å². The Hall–Kier alpha value is -1.26. The van der Waals surface area contributed by atoms with Crippen LogP contribution in [0, 0.1) is 5.92 Å². The lowest BCUT2D eigenvalue weighted by molar-refractivity contribution is -0.138. The Morgan fingerprint density at radius 3 is 2.75 bits per heavy atom. The number of hydrogen-bond acceptors (Lipinski definition) is 3. The summed E-state index contributed by atoms with van der Waals surface area (Å²) in [6.07, 6.45) is 2.14. The molecular formula is C15H20ClNO3. The molecule has 1 aromatic carbocycles. The van der Waals surface area contributed by atoms with E-state index in [1.165, 1.54) is 0 Å². The molecule has 0 aliphatic carbocycles. The Morgan fingerprint density at radius 2 is 2.15 bits per heavy atom. The largest absolute Gasteiger partial charge is 0.496 e. The Kier molecular flexibility index (Phi) is 5.26. The van der Waals surface area contributed by atoms with Crippen molar-refractivity contribution in [3.8, 4) is 5.75 Å². The van der Waals surface area contributed by atoms with E-state index in [0.717, 1.165) is 48.8 Å². The monoisotopic (exact) mass is 297 g/mol. The lowest BCUT2D eigenvalue weighted by Crippen LogP contribution is -2.34. The number of nitrogens with zero attached hydrogens (tertiary/aromatic N) is 1. The van der Waals surface area contributed by atoms with Crippen molar-refractivity contribution in [1.29, 1.82) is 0 Å². The van der Waals surface area contributed by atoms with E-state index >= 15 is 0 Å². The molecule has 1 N–H and O–H groups in total. The first kappa shape index (κ1) is 15.1. The van der Waals surface area contributed by atoms with Crippen LogP contribution in [0.1, 0.15) is 24.8 Å². The summed E-state index contributed by atoms with van der Waals surface area (Å²) in [5, 5.41) is 9.54. The Morgan fingerprint density at radius 1 is 1.45 bits per heavy atom. The number of methoxy groups -OCH3 is 1. The zero-order valence-corrected chi connectivity index (χ0v) is 12.4. The van der Waals surface area contributed by atoms with E-state index in [2.05, 4.69) is 4.90 Å². The van der Waals surface area contributed by atoms with Crippen LogP contribution in [-0.4, -0.2) is 36.2 Å². The molecule has 20 heavy (non-hydrogen) atoms. The van der Waals surface area contributed by atoms with E-state index in [0.29, 0.717) is 5.92 Å². The van der Waals surface area contributed by atoms with Crippen LogP contribution in [-0.2, 0) is 11.3 Å². The van der Waals surface area contributed by atoms with E-state index < -0.39 is 5.97 Å². The number of hydrogen-bond donors (Lipinski definition) is 1. The van der Waals surface area contributed by atoms with Crippen molar-refractivity contribution >= 4 is 17.6 Å². The van der Waals surface area contributed by atoms with Crippen molar-refractivity contribution in [3.05, 3.63) is 28.8 Å². The first-order valence-electron chi connectivity index (χ1n) is 6.85. The van der Waals surface area contributed by atoms with Crippen molar-refractivity contribution in [3.63, 3.8) is 0 Å². The molecule has 0 atom stereocenters. The van der Waals surface area contributed by atoms with Gasteiger partial charge in [-0.2, -0.15) is 0 Å². The van der Waals surface area contributed by atoms with Crippen LogP contribution in [0.15, 0.2) is 18.2 Å². The second-order valence-corrected chi connectivity index (χ2v) is 5.65. The molecule has 0 bridgehead atoms. The van der Waals surface area contributed by atoms with Gasteiger partial charge >= 0.3 is 5.97 Å². The van der Waals surface area contributed by atoms with Gasteiger partial charge in [0.15, 0.2) is 0 Å². The topological polar surface area (TPSA) is 49.8 Å². The maximum atomic E-state index is 10.7. The number of halogens is 1. The van der Waals surface area contributed by atoms with Gasteiger partial charge in [-0.1, -0.05) is 17.7 Å². The maximum absolute atomic E-state index is 10.7. The molecule has 1 saturated heterocycles. The number of likely N-dealkylation sites (tertiary alicyclic amines) is 1. The number of carboxylic acids is 1. The quantitative estimate of drug-likeness (QED) is 0.907. The third-order valence-corrected chi connectivity index (χ3v) is 4.20. The fraction of sp³-hybridized carbons (Fsp3) is 0.533. The van der Waals surface area contributed by atoms with Gasteiger partial charge in [-0.3, -0.25) is 9.69 Å². The zero-order chi connectivity index (χ0) is 14.5. The summed E-state index contributed by atoms with van der Waals surface area (Å²) in [6, 6.07) is 5.67. The SMILES string of the molecule is COc1cccc(Cl)c1CN1CCC(CC(=O)O)CC1. The molecule has 1 aliphatic rings. The molecule has 0 unspecified atom stereocenters. The highest BCUT2D eigenvalue weighted by molar-refractivity contribution is 6.31. The van der Waals surface area contributed by atoms with Crippen LogP contribution < -0.4 is 4.74 Å². The Balaban J connectivity index is 1.94. The van der Waals surface area contributed by atoms with Gasteiger partial charge in [0.05, 0.1) is 7.11 Å². The molecule has 1 heterocycles. The summed E-state index contributed by atoms with van der Waals surface area (Å²) in [6.45, 7) is 2.57. The maximum Gasteiger partial charge on any atom is 0.303 e. The molecule has 0 spiro atoms. The second-order valence-electron chi connectivity index (χ2n) is 5.24. The number of benzene rings is 1. The highest BCUT2D eigenvalue weighted by Crippen LogP contribution is 2.29. The standard InChI is InChI=1S/C15H20ClNO3/c1-20-14-4-2-3-13(16)12(14)10-17-7-5-11(6-8-17)9-15(18)19/h2-4,11H,5-10H2,1H3,(H,18,19). The summed E-state index contributed by atoms with van der Waals surface area (Å²) in [7, 11) is 1.65. The molecule has 2 rings (SSSR count). The smallest absolute Gasteiger partial charge is 0.303 e. The molecule has 0 saturated carbocycles. The molecule has 4 nitrogen and oxygen atoms in total. The van der Waals surface area contributed by atoms with Gasteiger partial charge in [0.25, 0.3) is 0 Å². The van der Waals surface area contributed by atoms with Gasteiger partial charge in [-0.05, 0) is 44.0 Å². The fourth-order valence-corrected chi connectivity index (χ4v) is 2.93. The van der Waals surface area contributed by atoms with Crippen LogP contribution in [0.25, 0.3) is 0 Å². The third-order valence-electron chi connectivity index (χ3n) is 3.85. The van der Waals surface area contributed by atoms with Crippen LogP contribution in [0.3, 0.4) is 0 Å². The number of ether oxygens (including phenoxy) is 1. The van der Waals surface area contributed by atoms with E-state index in [9.17, 15) is 4.79 Å². The van der Waals surface area contributed by atoms with Crippen molar-refractivity contribution in [1.82, 2.24) is 4.90 Å². The van der Waals surface area contributed by atoms with Crippen molar-refractivity contribution in [2.24, 2.45) is 5.92 Å². The van der Waals surface area contributed by atoms with Gasteiger partial charge in [0, 0.05) is 23.6 Å². The van der Waals surface area contributed by atoms with Crippen molar-refractivity contribution in [2.45, 2.75) is 25.8 Å². The Bertz CT molecular complexity index is 470. The number of carbonyl (C=O) groups is 1.